The lowest BCUT2D eigenvalue weighted by Crippen LogP contribution is -2.43. The van der Waals surface area contributed by atoms with Crippen LogP contribution in [0.1, 0.15) is 58.4 Å². The van der Waals surface area contributed by atoms with E-state index >= 15 is 0 Å². The largest absolute Gasteiger partial charge is 0.477 e. The van der Waals surface area contributed by atoms with Gasteiger partial charge in [-0.05, 0) is 76.0 Å². The maximum Gasteiger partial charge on any atom is 0.410 e. The number of likely N-dealkylation sites (tertiary alicyclic amines) is 1. The Morgan fingerprint density at radius 1 is 1.17 bits per heavy atom. The molecule has 1 aliphatic carbocycles. The summed E-state index contributed by atoms with van der Waals surface area (Å²) in [5.41, 5.74) is 1.69. The molecule has 9 nitrogen and oxygen atoms in total. The second-order valence-corrected chi connectivity index (χ2v) is 10.4. The van der Waals surface area contributed by atoms with Gasteiger partial charge in [0.25, 0.3) is 0 Å². The van der Waals surface area contributed by atoms with Gasteiger partial charge in [-0.2, -0.15) is 0 Å². The Hall–Kier alpha value is -2.65. The maximum atomic E-state index is 12.3. The highest BCUT2D eigenvalue weighted by atomic mass is 16.6. The molecule has 3 N–H and O–H groups in total. The Bertz CT molecular complexity index is 868. The van der Waals surface area contributed by atoms with Crippen LogP contribution in [0.5, 0.6) is 5.88 Å². The first-order chi connectivity index (χ1) is 16.7. The average Bonchev–Trinajstić information content (AvgIpc) is 2.85. The van der Waals surface area contributed by atoms with Gasteiger partial charge in [0.05, 0.1) is 25.9 Å². The van der Waals surface area contributed by atoms with Crippen LogP contribution in [0.3, 0.4) is 0 Å². The van der Waals surface area contributed by atoms with Crippen LogP contribution in [0.4, 0.5) is 4.79 Å². The fraction of sp³-hybridized carbons (Fsp3) is 0.654. The second-order valence-electron chi connectivity index (χ2n) is 10.4. The van der Waals surface area contributed by atoms with E-state index in [-0.39, 0.29) is 31.1 Å². The lowest BCUT2D eigenvalue weighted by atomic mass is 9.86. The number of hydrogen-bond donors (Lipinski definition) is 3. The van der Waals surface area contributed by atoms with Crippen molar-refractivity contribution < 1.29 is 29.3 Å². The number of nitrogens with zero attached hydrogens (tertiary/aromatic N) is 2. The van der Waals surface area contributed by atoms with Gasteiger partial charge in [-0.1, -0.05) is 6.08 Å². The number of amides is 2. The molecule has 1 fully saturated rings. The van der Waals surface area contributed by atoms with E-state index in [4.69, 9.17) is 19.7 Å². The number of allylic oxidation sites excluding steroid dienone is 2. The third-order valence-corrected chi connectivity index (χ3v) is 6.41. The molecule has 2 aliphatic rings. The lowest BCUT2D eigenvalue weighted by molar-refractivity contribution is -0.126. The van der Waals surface area contributed by atoms with E-state index in [2.05, 4.69) is 16.4 Å². The van der Waals surface area contributed by atoms with Gasteiger partial charge in [-0.15, -0.1) is 0 Å². The molecule has 1 aromatic heterocycles. The zero-order chi connectivity index (χ0) is 25.4. The topological polar surface area (TPSA) is 121 Å². The molecule has 1 atom stereocenters. The predicted molar refractivity (Wildman–Crippen MR) is 132 cm³/mol. The van der Waals surface area contributed by atoms with Gasteiger partial charge in [-0.3, -0.25) is 4.79 Å². The molecule has 1 aromatic rings. The van der Waals surface area contributed by atoms with E-state index in [0.717, 1.165) is 30.4 Å². The number of piperidine rings is 1. The minimum Gasteiger partial charge on any atom is -0.477 e. The number of hydrogen-bond acceptors (Lipinski definition) is 7. The Balaban J connectivity index is 1.42. The molecule has 0 saturated carbocycles. The van der Waals surface area contributed by atoms with Gasteiger partial charge in [0.2, 0.25) is 11.8 Å². The molecule has 194 valence electrons. The van der Waals surface area contributed by atoms with Crippen molar-refractivity contribution >= 4 is 17.6 Å². The van der Waals surface area contributed by atoms with Gasteiger partial charge >= 0.3 is 6.09 Å². The van der Waals surface area contributed by atoms with E-state index in [1.807, 2.05) is 32.9 Å². The first kappa shape index (κ1) is 26.9. The molecule has 9 heteroatoms. The number of carbonyl (C=O) groups excluding carboxylic acids is 2. The average molecular weight is 490 g/mol. The Kier molecular flexibility index (Phi) is 9.51. The summed E-state index contributed by atoms with van der Waals surface area (Å²) in [6, 6.07) is 3.26. The fourth-order valence-electron chi connectivity index (χ4n) is 4.27. The van der Waals surface area contributed by atoms with Crippen molar-refractivity contribution in [1.29, 1.82) is 0 Å². The van der Waals surface area contributed by atoms with E-state index in [9.17, 15) is 9.59 Å². The lowest BCUT2D eigenvalue weighted by Gasteiger charge is -2.33. The maximum absolute atomic E-state index is 12.3. The van der Waals surface area contributed by atoms with Crippen molar-refractivity contribution in [3.8, 4) is 5.88 Å². The Morgan fingerprint density at radius 3 is 2.43 bits per heavy atom. The van der Waals surface area contributed by atoms with Crippen molar-refractivity contribution in [3.63, 3.8) is 0 Å². The zero-order valence-electron chi connectivity index (χ0n) is 21.0. The third-order valence-electron chi connectivity index (χ3n) is 6.41. The summed E-state index contributed by atoms with van der Waals surface area (Å²) in [5.74, 6) is 0.662. The second kappa shape index (κ2) is 12.4. The van der Waals surface area contributed by atoms with E-state index in [1.54, 1.807) is 11.1 Å². The summed E-state index contributed by atoms with van der Waals surface area (Å²) in [7, 11) is 0. The first-order valence-corrected chi connectivity index (χ1v) is 12.5. The van der Waals surface area contributed by atoms with Crippen molar-refractivity contribution in [1.82, 2.24) is 15.2 Å². The van der Waals surface area contributed by atoms with E-state index < -0.39 is 11.6 Å². The molecule has 0 radical (unpaired) electrons. The number of carbonyl (C=O) groups is 2. The fourth-order valence-corrected chi connectivity index (χ4v) is 4.27. The Morgan fingerprint density at radius 2 is 1.89 bits per heavy atom. The summed E-state index contributed by atoms with van der Waals surface area (Å²) in [6.45, 7) is 6.97. The van der Waals surface area contributed by atoms with Crippen LogP contribution >= 0.6 is 0 Å². The van der Waals surface area contributed by atoms with Gasteiger partial charge in [0, 0.05) is 31.3 Å². The summed E-state index contributed by atoms with van der Waals surface area (Å²) < 4.78 is 11.4. The molecule has 35 heavy (non-hydrogen) atoms. The van der Waals surface area contributed by atoms with Crippen LogP contribution in [0, 0.1) is 11.8 Å². The minimum absolute atomic E-state index is 0.132. The number of ether oxygens (including phenoxy) is 2. The number of aliphatic hydroxyl groups is 2. The van der Waals surface area contributed by atoms with Crippen LogP contribution in [-0.4, -0.2) is 76.7 Å². The van der Waals surface area contributed by atoms with Crippen LogP contribution in [-0.2, 0) is 9.53 Å². The van der Waals surface area contributed by atoms with Crippen molar-refractivity contribution in [2.45, 2.75) is 64.5 Å². The SMILES string of the molecule is CC(C)(C)OC(=O)N1CCC(COc2ccc(C3=CCC(C(=O)NC(CO)CO)CC3)cn2)CC1. The highest BCUT2D eigenvalue weighted by Crippen LogP contribution is 2.31. The first-order valence-electron chi connectivity index (χ1n) is 12.5. The highest BCUT2D eigenvalue weighted by Gasteiger charge is 2.27. The highest BCUT2D eigenvalue weighted by molar-refractivity contribution is 5.80. The molecular formula is C26H39N3O6. The summed E-state index contributed by atoms with van der Waals surface area (Å²) >= 11 is 0. The minimum atomic E-state index is -0.609. The number of rotatable bonds is 8. The zero-order valence-corrected chi connectivity index (χ0v) is 21.0. The van der Waals surface area contributed by atoms with Crippen LogP contribution in [0.2, 0.25) is 0 Å². The Labute approximate surface area is 207 Å². The van der Waals surface area contributed by atoms with Crippen LogP contribution in [0.25, 0.3) is 5.57 Å². The predicted octanol–water partition coefficient (Wildman–Crippen LogP) is 2.76. The van der Waals surface area contributed by atoms with Gasteiger partial charge < -0.3 is 29.9 Å². The van der Waals surface area contributed by atoms with Crippen LogP contribution < -0.4 is 10.1 Å². The molecule has 1 unspecified atom stereocenters. The molecule has 0 aromatic carbocycles. The van der Waals surface area contributed by atoms with E-state index in [0.29, 0.717) is 44.3 Å². The van der Waals surface area contributed by atoms with Gasteiger partial charge in [-0.25, -0.2) is 9.78 Å². The number of nitrogens with one attached hydrogen (secondary N) is 1. The van der Waals surface area contributed by atoms with Gasteiger partial charge in [0.15, 0.2) is 0 Å². The normalized spacial score (nSPS) is 19.3. The molecular weight excluding hydrogens is 450 g/mol. The monoisotopic (exact) mass is 489 g/mol. The molecule has 2 heterocycles. The number of pyridine rings is 1. The molecule has 1 saturated heterocycles. The third kappa shape index (κ3) is 8.21. The molecule has 1 aliphatic heterocycles. The smallest absolute Gasteiger partial charge is 0.410 e. The molecule has 3 rings (SSSR count). The van der Waals surface area contributed by atoms with Gasteiger partial charge in [0.1, 0.15) is 5.60 Å². The van der Waals surface area contributed by atoms with Crippen molar-refractivity contribution in [2.75, 3.05) is 32.9 Å². The quantitative estimate of drug-likeness (QED) is 0.513. The standard InChI is InChI=1S/C26H39N3O6/c1-26(2,3)35-25(33)29-12-10-18(11-13-29)17-34-23-9-8-21(14-27-23)19-4-6-20(7-5-19)24(32)28-22(15-30)16-31/h4,8-9,14,18,20,22,30-31H,5-7,10-13,15-17H2,1-3H3,(H,28,32). The summed E-state index contributed by atoms with van der Waals surface area (Å²) in [6.07, 6.45) is 7.45. The van der Waals surface area contributed by atoms with Crippen LogP contribution in [0.15, 0.2) is 24.4 Å². The number of aromatic nitrogens is 1. The van der Waals surface area contributed by atoms with E-state index in [1.165, 1.54) is 0 Å². The van der Waals surface area contributed by atoms with Crippen molar-refractivity contribution in [3.05, 3.63) is 30.0 Å². The molecule has 0 bridgehead atoms. The summed E-state index contributed by atoms with van der Waals surface area (Å²) in [5, 5.41) is 21.0. The number of aliphatic hydroxyl groups excluding tert-OH is 2. The summed E-state index contributed by atoms with van der Waals surface area (Å²) in [4.78, 5) is 30.7. The van der Waals surface area contributed by atoms with Crippen molar-refractivity contribution in [2.24, 2.45) is 11.8 Å². The molecule has 2 amide bonds. The molecule has 0 spiro atoms.